The molecule has 1 amide bonds. The lowest BCUT2D eigenvalue weighted by Crippen LogP contribution is -2.50. The second-order valence-corrected chi connectivity index (χ2v) is 5.77. The molecule has 0 aromatic carbocycles. The average Bonchev–Trinajstić information content (AvgIpc) is 2.41. The van der Waals surface area contributed by atoms with Gasteiger partial charge in [-0.1, -0.05) is 26.1 Å². The third-order valence-electron chi connectivity index (χ3n) is 4.19. The number of carbonyl (C=O) groups excluding carboxylic acids is 1. The van der Waals surface area contributed by atoms with Gasteiger partial charge in [0.25, 0.3) is 0 Å². The van der Waals surface area contributed by atoms with Crippen LogP contribution >= 0.6 is 12.2 Å². The van der Waals surface area contributed by atoms with Crippen molar-refractivity contribution < 1.29 is 9.53 Å². The number of ether oxygens (including phenoxy) is 1. The third kappa shape index (κ3) is 3.66. The molecular formula is C14H26N2O2S. The smallest absolute Gasteiger partial charge is 0.235 e. The first kappa shape index (κ1) is 16.4. The fraction of sp³-hybridized carbons (Fsp3) is 0.857. The lowest BCUT2D eigenvalue weighted by Gasteiger charge is -2.35. The van der Waals surface area contributed by atoms with E-state index in [1.165, 1.54) is 6.42 Å². The van der Waals surface area contributed by atoms with Gasteiger partial charge in [-0.15, -0.1) is 0 Å². The molecule has 1 aliphatic heterocycles. The Hall–Kier alpha value is -0.680. The quantitative estimate of drug-likeness (QED) is 0.760. The lowest BCUT2D eigenvalue weighted by molar-refractivity contribution is -0.139. The van der Waals surface area contributed by atoms with E-state index >= 15 is 0 Å². The van der Waals surface area contributed by atoms with Gasteiger partial charge in [-0.3, -0.25) is 4.79 Å². The molecule has 19 heavy (non-hydrogen) atoms. The Morgan fingerprint density at radius 1 is 1.42 bits per heavy atom. The van der Waals surface area contributed by atoms with E-state index in [0.717, 1.165) is 19.4 Å². The van der Waals surface area contributed by atoms with Gasteiger partial charge in [0.05, 0.1) is 16.5 Å². The maximum Gasteiger partial charge on any atom is 0.235 e. The zero-order chi connectivity index (χ0) is 14.5. The van der Waals surface area contributed by atoms with E-state index in [1.807, 2.05) is 20.9 Å². The molecule has 1 heterocycles. The summed E-state index contributed by atoms with van der Waals surface area (Å²) in [5.41, 5.74) is 5.12. The van der Waals surface area contributed by atoms with E-state index in [9.17, 15) is 4.79 Å². The second kappa shape index (κ2) is 7.20. The number of hydrogen-bond donors (Lipinski definition) is 1. The molecule has 4 nitrogen and oxygen atoms in total. The highest BCUT2D eigenvalue weighted by Gasteiger charge is 2.40. The molecule has 1 atom stereocenters. The molecule has 0 aromatic rings. The monoisotopic (exact) mass is 286 g/mol. The number of nitrogens with zero attached hydrogens (tertiary/aromatic N) is 1. The number of nitrogens with two attached hydrogens (primary N) is 1. The molecule has 110 valence electrons. The molecular weight excluding hydrogens is 260 g/mol. The molecule has 0 aliphatic carbocycles. The summed E-state index contributed by atoms with van der Waals surface area (Å²) in [7, 11) is 1.82. The zero-order valence-electron chi connectivity index (χ0n) is 12.3. The Labute approximate surface area is 121 Å². The van der Waals surface area contributed by atoms with Crippen LogP contribution in [0.4, 0.5) is 0 Å². The summed E-state index contributed by atoms with van der Waals surface area (Å²) in [5, 5.41) is 0. The van der Waals surface area contributed by atoms with Crippen molar-refractivity contribution in [3.63, 3.8) is 0 Å². The van der Waals surface area contributed by atoms with Gasteiger partial charge in [-0.05, 0) is 32.1 Å². The number of hydrogen-bond acceptors (Lipinski definition) is 3. The molecule has 1 rings (SSSR count). The Balaban J connectivity index is 2.70. The van der Waals surface area contributed by atoms with E-state index in [1.54, 1.807) is 4.90 Å². The fourth-order valence-corrected chi connectivity index (χ4v) is 3.09. The molecule has 5 heteroatoms. The topological polar surface area (TPSA) is 55.6 Å². The van der Waals surface area contributed by atoms with Crippen LogP contribution < -0.4 is 5.73 Å². The van der Waals surface area contributed by atoms with Crippen LogP contribution in [0.3, 0.4) is 0 Å². The molecule has 0 saturated carbocycles. The maximum atomic E-state index is 12.6. The summed E-state index contributed by atoms with van der Waals surface area (Å²) in [4.78, 5) is 14.7. The van der Waals surface area contributed by atoms with Crippen LogP contribution in [0.5, 0.6) is 0 Å². The van der Waals surface area contributed by atoms with Crippen molar-refractivity contribution in [3.05, 3.63) is 0 Å². The van der Waals surface area contributed by atoms with Gasteiger partial charge in [0.15, 0.2) is 0 Å². The summed E-state index contributed by atoms with van der Waals surface area (Å²) < 4.78 is 5.68. The van der Waals surface area contributed by atoms with Gasteiger partial charge in [-0.25, -0.2) is 0 Å². The van der Waals surface area contributed by atoms with Gasteiger partial charge in [-0.2, -0.15) is 0 Å². The highest BCUT2D eigenvalue weighted by molar-refractivity contribution is 7.80. The van der Waals surface area contributed by atoms with Crippen molar-refractivity contribution in [2.24, 2.45) is 11.1 Å². The first-order valence-electron chi connectivity index (χ1n) is 7.15. The summed E-state index contributed by atoms with van der Waals surface area (Å²) in [5.74, 6) is 0.0270. The number of carbonyl (C=O) groups is 1. The Kier molecular flexibility index (Phi) is 6.20. The van der Waals surface area contributed by atoms with Gasteiger partial charge < -0.3 is 15.4 Å². The Morgan fingerprint density at radius 2 is 2.05 bits per heavy atom. The van der Waals surface area contributed by atoms with Crippen LogP contribution in [-0.2, 0) is 9.53 Å². The van der Waals surface area contributed by atoms with E-state index in [2.05, 4.69) is 0 Å². The predicted octanol–water partition coefficient (Wildman–Crippen LogP) is 2.11. The Morgan fingerprint density at radius 3 is 2.47 bits per heavy atom. The minimum absolute atomic E-state index is 0.0270. The van der Waals surface area contributed by atoms with Crippen molar-refractivity contribution in [1.29, 1.82) is 0 Å². The first-order chi connectivity index (χ1) is 8.97. The van der Waals surface area contributed by atoms with Crippen molar-refractivity contribution in [2.75, 3.05) is 20.2 Å². The highest BCUT2D eigenvalue weighted by Crippen LogP contribution is 2.29. The molecule has 0 aromatic heterocycles. The van der Waals surface area contributed by atoms with Crippen LogP contribution in [0, 0.1) is 5.41 Å². The minimum atomic E-state index is -0.696. The zero-order valence-corrected chi connectivity index (χ0v) is 13.1. The maximum absolute atomic E-state index is 12.6. The van der Waals surface area contributed by atoms with E-state index in [-0.39, 0.29) is 12.0 Å². The molecule has 1 aliphatic rings. The largest absolute Gasteiger partial charge is 0.392 e. The molecule has 0 radical (unpaired) electrons. The van der Waals surface area contributed by atoms with Crippen molar-refractivity contribution in [1.82, 2.24) is 4.90 Å². The molecule has 0 bridgehead atoms. The summed E-state index contributed by atoms with van der Waals surface area (Å²) >= 11 is 5.13. The van der Waals surface area contributed by atoms with Gasteiger partial charge in [0.2, 0.25) is 5.91 Å². The molecule has 1 saturated heterocycles. The Bertz CT molecular complexity index is 323. The molecule has 1 fully saturated rings. The molecule has 0 spiro atoms. The predicted molar refractivity (Wildman–Crippen MR) is 81.0 cm³/mol. The van der Waals surface area contributed by atoms with Crippen molar-refractivity contribution in [3.8, 4) is 0 Å². The average molecular weight is 286 g/mol. The van der Waals surface area contributed by atoms with Crippen molar-refractivity contribution in [2.45, 2.75) is 52.1 Å². The van der Waals surface area contributed by atoms with Gasteiger partial charge in [0.1, 0.15) is 0 Å². The van der Waals surface area contributed by atoms with E-state index in [4.69, 9.17) is 22.7 Å². The molecule has 2 N–H and O–H groups in total. The number of rotatable bonds is 6. The summed E-state index contributed by atoms with van der Waals surface area (Å²) in [6.07, 6.45) is 4.76. The van der Waals surface area contributed by atoms with Crippen LogP contribution in [0.25, 0.3) is 0 Å². The number of amides is 1. The summed E-state index contributed by atoms with van der Waals surface area (Å²) in [6, 6.07) is 0. The van der Waals surface area contributed by atoms with E-state index < -0.39 is 5.41 Å². The van der Waals surface area contributed by atoms with Crippen LogP contribution in [-0.4, -0.2) is 42.1 Å². The standard InChI is InChI=1S/C14H26N2O2S/c1-4-14(5-2,12(15)19)13(17)16(3)10-11-8-6-7-9-18-11/h11H,4-10H2,1-3H3,(H2,15,19). The van der Waals surface area contributed by atoms with Crippen LogP contribution in [0.2, 0.25) is 0 Å². The molecule has 1 unspecified atom stereocenters. The summed E-state index contributed by atoms with van der Waals surface area (Å²) in [6.45, 7) is 5.36. The van der Waals surface area contributed by atoms with Crippen molar-refractivity contribution >= 4 is 23.1 Å². The van der Waals surface area contributed by atoms with Crippen LogP contribution in [0.1, 0.15) is 46.0 Å². The van der Waals surface area contributed by atoms with Gasteiger partial charge in [0, 0.05) is 20.2 Å². The second-order valence-electron chi connectivity index (χ2n) is 5.33. The fourth-order valence-electron chi connectivity index (χ4n) is 2.71. The first-order valence-corrected chi connectivity index (χ1v) is 7.55. The number of thiocarbonyl (C=S) groups is 1. The van der Waals surface area contributed by atoms with E-state index in [0.29, 0.717) is 24.4 Å². The highest BCUT2D eigenvalue weighted by atomic mass is 32.1. The lowest BCUT2D eigenvalue weighted by atomic mass is 9.80. The van der Waals surface area contributed by atoms with Crippen LogP contribution in [0.15, 0.2) is 0 Å². The number of likely N-dealkylation sites (N-methyl/N-ethyl adjacent to an activating group) is 1. The SMILES string of the molecule is CCC(CC)(C(=O)N(C)CC1CCCCO1)C(N)=S. The normalized spacial score (nSPS) is 20.1. The third-order valence-corrected chi connectivity index (χ3v) is 4.58. The minimum Gasteiger partial charge on any atom is -0.392 e. The van der Waals surface area contributed by atoms with Gasteiger partial charge >= 0.3 is 0 Å².